The van der Waals surface area contributed by atoms with Crippen molar-refractivity contribution in [2.75, 3.05) is 26.9 Å². The number of rotatable bonds is 15. The lowest BCUT2D eigenvalue weighted by Crippen LogP contribution is -2.32. The van der Waals surface area contributed by atoms with Gasteiger partial charge in [0, 0.05) is 31.1 Å². The fourth-order valence-corrected chi connectivity index (χ4v) is 5.76. The number of fused-ring (bicyclic) bond motifs is 1. The van der Waals surface area contributed by atoms with Gasteiger partial charge in [0.1, 0.15) is 23.1 Å². The van der Waals surface area contributed by atoms with E-state index in [-0.39, 0.29) is 60.8 Å². The summed E-state index contributed by atoms with van der Waals surface area (Å²) in [4.78, 5) is 37.6. The van der Waals surface area contributed by atoms with E-state index >= 15 is 0 Å². The summed E-state index contributed by atoms with van der Waals surface area (Å²) in [6, 6.07) is 9.30. The number of ketones is 3. The lowest BCUT2D eigenvalue weighted by molar-refractivity contribution is -0.131. The van der Waals surface area contributed by atoms with Crippen LogP contribution >= 0.6 is 0 Å². The number of aliphatic hydroxyl groups excluding tert-OH is 2. The van der Waals surface area contributed by atoms with E-state index in [4.69, 9.17) is 4.74 Å². The van der Waals surface area contributed by atoms with Crippen molar-refractivity contribution in [1.82, 2.24) is 5.32 Å². The largest absolute Gasteiger partial charge is 0.507 e. The molecule has 0 fully saturated rings. The first-order valence-corrected chi connectivity index (χ1v) is 13.7. The van der Waals surface area contributed by atoms with Gasteiger partial charge in [-0.2, -0.15) is 0 Å². The van der Waals surface area contributed by atoms with Gasteiger partial charge in [0.2, 0.25) is 0 Å². The van der Waals surface area contributed by atoms with Crippen molar-refractivity contribution < 1.29 is 34.4 Å². The molecule has 0 saturated heterocycles. The van der Waals surface area contributed by atoms with E-state index in [1.54, 1.807) is 13.2 Å². The van der Waals surface area contributed by atoms with Crippen LogP contribution < -0.4 is 10.1 Å². The van der Waals surface area contributed by atoms with E-state index in [1.165, 1.54) is 6.92 Å². The lowest BCUT2D eigenvalue weighted by Gasteiger charge is -2.32. The molecule has 0 spiro atoms. The molecule has 2 aromatic rings. The fraction of sp³-hybridized carbons (Fsp3) is 0.516. The van der Waals surface area contributed by atoms with Gasteiger partial charge in [-0.15, -0.1) is 0 Å². The summed E-state index contributed by atoms with van der Waals surface area (Å²) in [7, 11) is 1.60. The summed E-state index contributed by atoms with van der Waals surface area (Å²) in [5.41, 5.74) is 3.74. The minimum Gasteiger partial charge on any atom is -0.507 e. The van der Waals surface area contributed by atoms with E-state index in [0.717, 1.165) is 35.2 Å². The molecule has 1 aliphatic rings. The maximum Gasteiger partial charge on any atom is 0.167 e. The fourth-order valence-electron chi connectivity index (χ4n) is 5.76. The Morgan fingerprint density at radius 3 is 2.54 bits per heavy atom. The summed E-state index contributed by atoms with van der Waals surface area (Å²) >= 11 is 0. The average Bonchev–Trinajstić information content (AvgIpc) is 2.89. The van der Waals surface area contributed by atoms with Gasteiger partial charge in [0.15, 0.2) is 5.78 Å². The molecule has 0 saturated carbocycles. The number of phenolic OH excluding ortho intramolecular Hbond substituents is 1. The number of carbonyl (C=O) groups is 3. The van der Waals surface area contributed by atoms with Crippen LogP contribution in [0.2, 0.25) is 0 Å². The zero-order valence-corrected chi connectivity index (χ0v) is 23.2. The Morgan fingerprint density at radius 1 is 1.13 bits per heavy atom. The Hall–Kier alpha value is -3.07. The van der Waals surface area contributed by atoms with Crippen LogP contribution in [-0.2, 0) is 22.6 Å². The lowest BCUT2D eigenvalue weighted by atomic mass is 9.72. The smallest absolute Gasteiger partial charge is 0.167 e. The van der Waals surface area contributed by atoms with Gasteiger partial charge in [-0.25, -0.2) is 0 Å². The molecule has 0 heterocycles. The van der Waals surface area contributed by atoms with Gasteiger partial charge in [-0.05, 0) is 85.9 Å². The van der Waals surface area contributed by atoms with Crippen LogP contribution in [0, 0.1) is 17.8 Å². The van der Waals surface area contributed by atoms with E-state index in [0.29, 0.717) is 30.7 Å². The quantitative estimate of drug-likeness (QED) is 0.198. The molecule has 39 heavy (non-hydrogen) atoms. The topological polar surface area (TPSA) is 133 Å². The number of phenols is 1. The molecule has 1 aliphatic carbocycles. The number of aromatic hydroxyl groups is 1. The third-order valence-corrected chi connectivity index (χ3v) is 7.59. The molecule has 0 bridgehead atoms. The minimum absolute atomic E-state index is 0.0614. The number of ether oxygens (including phenoxy) is 1. The first kappa shape index (κ1) is 30.5. The summed E-state index contributed by atoms with van der Waals surface area (Å²) in [5.74, 6) is -1.53. The average molecular weight is 540 g/mol. The Kier molecular flexibility index (Phi) is 11.2. The molecule has 0 aliphatic heterocycles. The van der Waals surface area contributed by atoms with Gasteiger partial charge in [0.25, 0.3) is 0 Å². The van der Waals surface area contributed by atoms with E-state index in [9.17, 15) is 29.7 Å². The first-order valence-electron chi connectivity index (χ1n) is 13.7. The molecule has 3 atom stereocenters. The number of nitrogens with one attached hydrogen (secondary N) is 1. The molecule has 8 nitrogen and oxygen atoms in total. The highest BCUT2D eigenvalue weighted by Gasteiger charge is 2.35. The number of carbonyl (C=O) groups excluding carboxylic acids is 3. The van der Waals surface area contributed by atoms with Crippen molar-refractivity contribution in [2.24, 2.45) is 17.8 Å². The van der Waals surface area contributed by atoms with Crippen molar-refractivity contribution >= 4 is 17.3 Å². The number of methoxy groups -OCH3 is 1. The second-order valence-corrected chi connectivity index (χ2v) is 10.5. The Balaban J connectivity index is 1.98. The summed E-state index contributed by atoms with van der Waals surface area (Å²) in [5, 5.41) is 33.8. The Labute approximate surface area is 230 Å². The molecule has 3 rings (SSSR count). The first-order chi connectivity index (χ1) is 18.7. The third-order valence-electron chi connectivity index (χ3n) is 7.59. The van der Waals surface area contributed by atoms with Gasteiger partial charge in [0.05, 0.1) is 25.7 Å². The second kappa shape index (κ2) is 14.4. The number of hydrogen-bond donors (Lipinski definition) is 4. The number of benzene rings is 2. The molecule has 0 aromatic heterocycles. The number of Topliss-reactive ketones (excluding diaryl/α,β-unsaturated/α-hetero) is 3. The molecule has 3 unspecified atom stereocenters. The van der Waals surface area contributed by atoms with Crippen LogP contribution in [0.4, 0.5) is 0 Å². The third kappa shape index (κ3) is 7.53. The summed E-state index contributed by atoms with van der Waals surface area (Å²) in [6.07, 6.45) is 2.12. The van der Waals surface area contributed by atoms with Crippen molar-refractivity contribution in [3.8, 4) is 22.6 Å². The molecule has 4 N–H and O–H groups in total. The van der Waals surface area contributed by atoms with Crippen LogP contribution in [0.25, 0.3) is 11.1 Å². The van der Waals surface area contributed by atoms with Crippen molar-refractivity contribution in [2.45, 2.75) is 58.9 Å². The summed E-state index contributed by atoms with van der Waals surface area (Å²) < 4.78 is 5.67. The summed E-state index contributed by atoms with van der Waals surface area (Å²) in [6.45, 7) is 4.43. The molecule has 8 heteroatoms. The van der Waals surface area contributed by atoms with Gasteiger partial charge in [-0.3, -0.25) is 14.4 Å². The van der Waals surface area contributed by atoms with Crippen LogP contribution in [-0.4, -0.2) is 59.5 Å². The van der Waals surface area contributed by atoms with Gasteiger partial charge >= 0.3 is 0 Å². The SMILES string of the molecule is CCCNCc1ccc(OC)c(-c2ccc(O)c3c2CC(CC(CCO)C(CO)C(=O)CC(C)=O)CC3=O)c1. The number of hydrogen-bond acceptors (Lipinski definition) is 8. The van der Waals surface area contributed by atoms with Crippen molar-refractivity contribution in [1.29, 1.82) is 0 Å². The Bertz CT molecular complexity index is 1180. The molecule has 212 valence electrons. The van der Waals surface area contributed by atoms with Crippen LogP contribution in [0.5, 0.6) is 11.5 Å². The zero-order valence-electron chi connectivity index (χ0n) is 23.2. The second-order valence-electron chi connectivity index (χ2n) is 10.5. The highest BCUT2D eigenvalue weighted by atomic mass is 16.5. The van der Waals surface area contributed by atoms with E-state index in [1.807, 2.05) is 24.3 Å². The normalized spacial score (nSPS) is 16.4. The van der Waals surface area contributed by atoms with Crippen molar-refractivity contribution in [3.63, 3.8) is 0 Å². The van der Waals surface area contributed by atoms with Gasteiger partial charge in [-0.1, -0.05) is 19.1 Å². The highest BCUT2D eigenvalue weighted by Crippen LogP contribution is 2.43. The van der Waals surface area contributed by atoms with E-state index in [2.05, 4.69) is 12.2 Å². The van der Waals surface area contributed by atoms with Crippen LogP contribution in [0.3, 0.4) is 0 Å². The molecule has 0 amide bonds. The standard InChI is InChI=1S/C31H41NO7/c1-4-10-32-17-20-5-8-30(39-3)24(14-20)23-6-7-27(36)31-25(23)15-21(16-29(31)38)13-22(9-11-33)26(18-34)28(37)12-19(2)35/h5-8,14,21-22,26,32-34,36H,4,9-13,15-18H2,1-3H3. The van der Waals surface area contributed by atoms with E-state index < -0.39 is 12.5 Å². The molecular formula is C31H41NO7. The minimum atomic E-state index is -0.784. The molecular weight excluding hydrogens is 498 g/mol. The maximum atomic E-state index is 13.3. The monoisotopic (exact) mass is 539 g/mol. The zero-order chi connectivity index (χ0) is 28.5. The Morgan fingerprint density at radius 2 is 1.90 bits per heavy atom. The maximum absolute atomic E-state index is 13.3. The van der Waals surface area contributed by atoms with Gasteiger partial charge < -0.3 is 25.4 Å². The molecule has 2 aromatic carbocycles. The van der Waals surface area contributed by atoms with Crippen LogP contribution in [0.1, 0.15) is 67.4 Å². The number of aliphatic hydroxyl groups is 2. The predicted octanol–water partition coefficient (Wildman–Crippen LogP) is 3.86. The van der Waals surface area contributed by atoms with Crippen molar-refractivity contribution in [3.05, 3.63) is 47.0 Å². The highest BCUT2D eigenvalue weighted by molar-refractivity contribution is 6.03. The molecule has 0 radical (unpaired) electrons. The van der Waals surface area contributed by atoms with Crippen LogP contribution in [0.15, 0.2) is 30.3 Å². The predicted molar refractivity (Wildman–Crippen MR) is 149 cm³/mol.